The maximum absolute atomic E-state index is 12.1. The molecule has 0 unspecified atom stereocenters. The van der Waals surface area contributed by atoms with Crippen LogP contribution in [0.4, 0.5) is 0 Å². The van der Waals surface area contributed by atoms with E-state index in [-0.39, 0.29) is 24.5 Å². The van der Waals surface area contributed by atoms with Crippen molar-refractivity contribution in [1.29, 1.82) is 5.26 Å². The number of likely N-dealkylation sites (tertiary alicyclic amines) is 1. The molecule has 20 heavy (non-hydrogen) atoms. The second-order valence-corrected chi connectivity index (χ2v) is 5.07. The maximum Gasteiger partial charge on any atom is 0.260 e. The van der Waals surface area contributed by atoms with Crippen LogP contribution in [0, 0.1) is 17.2 Å². The lowest BCUT2D eigenvalue weighted by Crippen LogP contribution is -2.46. The van der Waals surface area contributed by atoms with Gasteiger partial charge in [-0.1, -0.05) is 19.1 Å². The van der Waals surface area contributed by atoms with Gasteiger partial charge in [-0.2, -0.15) is 5.26 Å². The SMILES string of the molecule is C[C@@H]1CN(C(=O)COc2ccccc2C#N)CC[C@@H]1O. The zero-order valence-electron chi connectivity index (χ0n) is 11.5. The van der Waals surface area contributed by atoms with E-state index in [4.69, 9.17) is 10.00 Å². The Kier molecular flexibility index (Phi) is 4.59. The van der Waals surface area contributed by atoms with Crippen LogP contribution in [0.15, 0.2) is 24.3 Å². The Bertz CT molecular complexity index is 524. The first kappa shape index (κ1) is 14.4. The van der Waals surface area contributed by atoms with E-state index in [1.54, 1.807) is 29.2 Å². The van der Waals surface area contributed by atoms with Crippen LogP contribution in [0.3, 0.4) is 0 Å². The molecule has 1 aliphatic heterocycles. The number of rotatable bonds is 3. The van der Waals surface area contributed by atoms with E-state index in [2.05, 4.69) is 0 Å². The van der Waals surface area contributed by atoms with Gasteiger partial charge in [0.1, 0.15) is 11.8 Å². The van der Waals surface area contributed by atoms with Crippen LogP contribution >= 0.6 is 0 Å². The summed E-state index contributed by atoms with van der Waals surface area (Å²) in [6, 6.07) is 8.87. The van der Waals surface area contributed by atoms with Gasteiger partial charge in [0.2, 0.25) is 0 Å². The molecule has 1 N–H and O–H groups in total. The normalized spacial score (nSPS) is 22.1. The molecule has 1 aliphatic rings. The number of nitrogens with zero attached hydrogens (tertiary/aromatic N) is 2. The maximum atomic E-state index is 12.1. The summed E-state index contributed by atoms with van der Waals surface area (Å²) in [5.41, 5.74) is 0.419. The monoisotopic (exact) mass is 274 g/mol. The number of piperidine rings is 1. The Labute approximate surface area is 118 Å². The predicted octanol–water partition coefficient (Wildman–Crippen LogP) is 1.17. The third-order valence-corrected chi connectivity index (χ3v) is 3.57. The fourth-order valence-corrected chi connectivity index (χ4v) is 2.28. The number of amides is 1. The Balaban J connectivity index is 1.91. The van der Waals surface area contributed by atoms with Gasteiger partial charge in [0.05, 0.1) is 11.7 Å². The Morgan fingerprint density at radius 1 is 1.55 bits per heavy atom. The predicted molar refractivity (Wildman–Crippen MR) is 73.0 cm³/mol. The summed E-state index contributed by atoms with van der Waals surface area (Å²) in [7, 11) is 0. The summed E-state index contributed by atoms with van der Waals surface area (Å²) in [5, 5.41) is 18.6. The van der Waals surface area contributed by atoms with Gasteiger partial charge >= 0.3 is 0 Å². The molecule has 2 rings (SSSR count). The van der Waals surface area contributed by atoms with Gasteiger partial charge < -0.3 is 14.7 Å². The minimum atomic E-state index is -0.334. The quantitative estimate of drug-likeness (QED) is 0.897. The van der Waals surface area contributed by atoms with E-state index in [0.29, 0.717) is 30.8 Å². The van der Waals surface area contributed by atoms with Gasteiger partial charge in [-0.25, -0.2) is 0 Å². The number of hydrogen-bond acceptors (Lipinski definition) is 4. The number of aliphatic hydroxyl groups excluding tert-OH is 1. The van der Waals surface area contributed by atoms with Crippen molar-refractivity contribution >= 4 is 5.91 Å². The molecule has 0 bridgehead atoms. The van der Waals surface area contributed by atoms with Gasteiger partial charge in [0.25, 0.3) is 5.91 Å². The van der Waals surface area contributed by atoms with E-state index in [1.807, 2.05) is 13.0 Å². The van der Waals surface area contributed by atoms with Crippen molar-refractivity contribution in [3.63, 3.8) is 0 Å². The molecule has 2 atom stereocenters. The van der Waals surface area contributed by atoms with Gasteiger partial charge in [-0.15, -0.1) is 0 Å². The lowest BCUT2D eigenvalue weighted by molar-refractivity contribution is -0.136. The lowest BCUT2D eigenvalue weighted by atomic mass is 9.97. The first-order valence-electron chi connectivity index (χ1n) is 6.69. The highest BCUT2D eigenvalue weighted by atomic mass is 16.5. The molecular weight excluding hydrogens is 256 g/mol. The molecule has 1 saturated heterocycles. The van der Waals surface area contributed by atoms with Crippen molar-refractivity contribution < 1.29 is 14.6 Å². The first-order valence-corrected chi connectivity index (χ1v) is 6.69. The second-order valence-electron chi connectivity index (χ2n) is 5.07. The summed E-state index contributed by atoms with van der Waals surface area (Å²) < 4.78 is 5.43. The molecule has 106 valence electrons. The number of benzene rings is 1. The minimum absolute atomic E-state index is 0.0818. The van der Waals surface area contributed by atoms with Crippen LogP contribution < -0.4 is 4.74 Å². The summed E-state index contributed by atoms with van der Waals surface area (Å²) in [4.78, 5) is 13.8. The van der Waals surface area contributed by atoms with Crippen LogP contribution in [-0.2, 0) is 4.79 Å². The highest BCUT2D eigenvalue weighted by Crippen LogP contribution is 2.19. The molecule has 5 nitrogen and oxygen atoms in total. The largest absolute Gasteiger partial charge is 0.482 e. The molecular formula is C15H18N2O3. The van der Waals surface area contributed by atoms with Crippen molar-refractivity contribution in [2.45, 2.75) is 19.4 Å². The number of para-hydroxylation sites is 1. The van der Waals surface area contributed by atoms with Crippen molar-refractivity contribution in [1.82, 2.24) is 4.90 Å². The summed E-state index contributed by atoms with van der Waals surface area (Å²) >= 11 is 0. The molecule has 0 radical (unpaired) electrons. The summed E-state index contributed by atoms with van der Waals surface area (Å²) in [6.45, 7) is 2.94. The molecule has 5 heteroatoms. The van der Waals surface area contributed by atoms with Crippen LogP contribution in [-0.4, -0.2) is 41.7 Å². The summed E-state index contributed by atoms with van der Waals surface area (Å²) in [6.07, 6.45) is 0.265. The number of hydrogen-bond donors (Lipinski definition) is 1. The highest BCUT2D eigenvalue weighted by molar-refractivity contribution is 5.78. The molecule has 0 aliphatic carbocycles. The number of nitriles is 1. The number of carbonyl (C=O) groups is 1. The fourth-order valence-electron chi connectivity index (χ4n) is 2.28. The molecule has 0 spiro atoms. The van der Waals surface area contributed by atoms with Crippen molar-refractivity contribution in [2.24, 2.45) is 5.92 Å². The smallest absolute Gasteiger partial charge is 0.260 e. The molecule has 1 fully saturated rings. The standard InChI is InChI=1S/C15H18N2O3/c1-11-9-17(7-6-13(11)18)15(19)10-20-14-5-3-2-4-12(14)8-16/h2-5,11,13,18H,6-7,9-10H2,1H3/t11-,13+/m1/s1. The number of ether oxygens (including phenoxy) is 1. The van der Waals surface area contributed by atoms with E-state index in [0.717, 1.165) is 0 Å². The van der Waals surface area contributed by atoms with E-state index in [1.165, 1.54) is 0 Å². The van der Waals surface area contributed by atoms with E-state index < -0.39 is 0 Å². The number of carbonyl (C=O) groups excluding carboxylic acids is 1. The Hall–Kier alpha value is -2.06. The van der Waals surface area contributed by atoms with Crippen molar-refractivity contribution in [3.8, 4) is 11.8 Å². The van der Waals surface area contributed by atoms with Crippen molar-refractivity contribution in [3.05, 3.63) is 29.8 Å². The molecule has 1 amide bonds. The second kappa shape index (κ2) is 6.40. The van der Waals surface area contributed by atoms with Gasteiger partial charge in [0.15, 0.2) is 6.61 Å². The fraction of sp³-hybridized carbons (Fsp3) is 0.467. The minimum Gasteiger partial charge on any atom is -0.482 e. The van der Waals surface area contributed by atoms with Crippen LogP contribution in [0.1, 0.15) is 18.9 Å². The van der Waals surface area contributed by atoms with Gasteiger partial charge in [-0.3, -0.25) is 4.79 Å². The number of aliphatic hydroxyl groups is 1. The molecule has 1 aromatic rings. The van der Waals surface area contributed by atoms with Gasteiger partial charge in [-0.05, 0) is 24.5 Å². The van der Waals surface area contributed by atoms with E-state index >= 15 is 0 Å². The Morgan fingerprint density at radius 3 is 3.00 bits per heavy atom. The highest BCUT2D eigenvalue weighted by Gasteiger charge is 2.27. The molecule has 0 saturated carbocycles. The third-order valence-electron chi connectivity index (χ3n) is 3.57. The summed E-state index contributed by atoms with van der Waals surface area (Å²) in [5.74, 6) is 0.393. The van der Waals surface area contributed by atoms with E-state index in [9.17, 15) is 9.90 Å². The van der Waals surface area contributed by atoms with Crippen LogP contribution in [0.2, 0.25) is 0 Å². The van der Waals surface area contributed by atoms with Crippen molar-refractivity contribution in [2.75, 3.05) is 19.7 Å². The lowest BCUT2D eigenvalue weighted by Gasteiger charge is -2.34. The molecule has 1 heterocycles. The zero-order chi connectivity index (χ0) is 14.5. The Morgan fingerprint density at radius 2 is 2.30 bits per heavy atom. The van der Waals surface area contributed by atoms with Gasteiger partial charge in [0, 0.05) is 13.1 Å². The van der Waals surface area contributed by atoms with Crippen LogP contribution in [0.25, 0.3) is 0 Å². The average Bonchev–Trinajstić information content (AvgIpc) is 2.47. The average molecular weight is 274 g/mol. The topological polar surface area (TPSA) is 73.6 Å². The van der Waals surface area contributed by atoms with Crippen LogP contribution in [0.5, 0.6) is 5.75 Å². The molecule has 0 aromatic heterocycles. The first-order chi connectivity index (χ1) is 9.61. The third kappa shape index (κ3) is 3.28. The molecule has 1 aromatic carbocycles. The zero-order valence-corrected chi connectivity index (χ0v) is 11.5.